The van der Waals surface area contributed by atoms with Crippen molar-refractivity contribution in [2.45, 2.75) is 20.8 Å². The molecule has 1 aliphatic rings. The van der Waals surface area contributed by atoms with Gasteiger partial charge in [-0.25, -0.2) is 0 Å². The fourth-order valence-electron chi connectivity index (χ4n) is 2.39. The zero-order chi connectivity index (χ0) is 14.0. The van der Waals surface area contributed by atoms with Crippen LogP contribution in [0.25, 0.3) is 5.57 Å². The minimum Gasteiger partial charge on any atom is -0.351 e. The molecule has 98 valence electrons. The van der Waals surface area contributed by atoms with Crippen LogP contribution >= 0.6 is 0 Å². The van der Waals surface area contributed by atoms with Gasteiger partial charge >= 0.3 is 0 Å². The van der Waals surface area contributed by atoms with Crippen LogP contribution in [0.4, 0.5) is 0 Å². The summed E-state index contributed by atoms with van der Waals surface area (Å²) in [6.45, 7) is 10.5. The topological polar surface area (TPSA) is 3.24 Å². The van der Waals surface area contributed by atoms with Gasteiger partial charge in [0.15, 0.2) is 0 Å². The van der Waals surface area contributed by atoms with Crippen LogP contribution in [0, 0.1) is 6.92 Å². The molecule has 0 amide bonds. The molecule has 0 saturated carbocycles. The summed E-state index contributed by atoms with van der Waals surface area (Å²) in [5.41, 5.74) is 7.35. The molecule has 0 bridgehead atoms. The number of likely N-dealkylation sites (N-methyl/N-ethyl adjacent to an activating group) is 1. The molecule has 0 N–H and O–H groups in total. The Morgan fingerprint density at radius 1 is 1.21 bits per heavy atom. The molecule has 1 nitrogen and oxygen atoms in total. The van der Waals surface area contributed by atoms with E-state index < -0.39 is 0 Å². The van der Waals surface area contributed by atoms with E-state index in [9.17, 15) is 0 Å². The largest absolute Gasteiger partial charge is 0.351 e. The lowest BCUT2D eigenvalue weighted by Gasteiger charge is -2.28. The average Bonchev–Trinajstić information content (AvgIpc) is 2.39. The van der Waals surface area contributed by atoms with Crippen molar-refractivity contribution in [1.82, 2.24) is 4.90 Å². The van der Waals surface area contributed by atoms with Gasteiger partial charge in [-0.3, -0.25) is 0 Å². The maximum atomic E-state index is 4.14. The summed E-state index contributed by atoms with van der Waals surface area (Å²) >= 11 is 0. The number of allylic oxidation sites excluding steroid dienone is 5. The van der Waals surface area contributed by atoms with Gasteiger partial charge in [-0.2, -0.15) is 0 Å². The molecule has 0 saturated heterocycles. The first kappa shape index (κ1) is 13.4. The van der Waals surface area contributed by atoms with Gasteiger partial charge in [0.05, 0.1) is 0 Å². The number of hydrogen-bond donors (Lipinski definition) is 0. The lowest BCUT2D eigenvalue weighted by molar-refractivity contribution is 0.577. The fraction of sp³-hybridized carbons (Fsp3) is 0.222. The van der Waals surface area contributed by atoms with Gasteiger partial charge in [0, 0.05) is 24.5 Å². The van der Waals surface area contributed by atoms with E-state index in [1.165, 1.54) is 27.8 Å². The highest BCUT2D eigenvalue weighted by Crippen LogP contribution is 2.35. The Labute approximate surface area is 116 Å². The maximum Gasteiger partial charge on any atom is 0.0366 e. The summed E-state index contributed by atoms with van der Waals surface area (Å²) in [4.78, 5) is 2.10. The van der Waals surface area contributed by atoms with Crippen LogP contribution < -0.4 is 0 Å². The first-order valence-corrected chi connectivity index (χ1v) is 6.59. The molecule has 0 fully saturated rings. The number of hydrogen-bond acceptors (Lipinski definition) is 1. The summed E-state index contributed by atoms with van der Waals surface area (Å²) < 4.78 is 0. The van der Waals surface area contributed by atoms with Crippen LogP contribution in [0.1, 0.15) is 25.0 Å². The Morgan fingerprint density at radius 3 is 2.58 bits per heavy atom. The summed E-state index contributed by atoms with van der Waals surface area (Å²) in [7, 11) is 2.05. The van der Waals surface area contributed by atoms with Crippen molar-refractivity contribution in [2.75, 3.05) is 7.05 Å². The van der Waals surface area contributed by atoms with Crippen molar-refractivity contribution < 1.29 is 0 Å². The van der Waals surface area contributed by atoms with E-state index >= 15 is 0 Å². The normalized spacial score (nSPS) is 16.3. The molecule has 0 spiro atoms. The fourth-order valence-corrected chi connectivity index (χ4v) is 2.39. The van der Waals surface area contributed by atoms with E-state index in [1.807, 2.05) is 7.05 Å². The van der Waals surface area contributed by atoms with Crippen LogP contribution in [0.2, 0.25) is 0 Å². The number of nitrogens with zero attached hydrogens (tertiary/aromatic N) is 1. The zero-order valence-corrected chi connectivity index (χ0v) is 12.2. The van der Waals surface area contributed by atoms with Gasteiger partial charge in [0.1, 0.15) is 0 Å². The molecule has 2 rings (SSSR count). The van der Waals surface area contributed by atoms with Gasteiger partial charge in [-0.1, -0.05) is 48.6 Å². The van der Waals surface area contributed by atoms with Crippen LogP contribution in [-0.4, -0.2) is 11.9 Å². The number of rotatable bonds is 2. The van der Waals surface area contributed by atoms with E-state index in [4.69, 9.17) is 0 Å². The zero-order valence-electron chi connectivity index (χ0n) is 12.2. The third-order valence-electron chi connectivity index (χ3n) is 3.54. The predicted molar refractivity (Wildman–Crippen MR) is 83.6 cm³/mol. The molecule has 19 heavy (non-hydrogen) atoms. The van der Waals surface area contributed by atoms with Gasteiger partial charge in [0.2, 0.25) is 0 Å². The highest BCUT2D eigenvalue weighted by atomic mass is 15.1. The molecule has 0 aliphatic carbocycles. The standard InChI is InChI=1S/C18H21N/c1-6-8-17-14(3)15(4)19(5)12-18(17)16-10-7-9-13(2)11-16/h6-12H,4H2,1-3,5H3/b8-6-. The van der Waals surface area contributed by atoms with Crippen molar-refractivity contribution in [2.24, 2.45) is 0 Å². The SMILES string of the molecule is C=C1C(C)=C(/C=C\C)C(c2cccc(C)c2)=CN1C. The van der Waals surface area contributed by atoms with Gasteiger partial charge in [-0.05, 0) is 37.5 Å². The molecule has 0 radical (unpaired) electrons. The molecule has 0 atom stereocenters. The third-order valence-corrected chi connectivity index (χ3v) is 3.54. The summed E-state index contributed by atoms with van der Waals surface area (Å²) in [6.07, 6.45) is 6.42. The molecule has 0 unspecified atom stereocenters. The van der Waals surface area contributed by atoms with Crippen molar-refractivity contribution in [3.05, 3.63) is 77.2 Å². The van der Waals surface area contributed by atoms with Crippen molar-refractivity contribution in [1.29, 1.82) is 0 Å². The predicted octanol–water partition coefficient (Wildman–Crippen LogP) is 4.69. The van der Waals surface area contributed by atoms with Crippen LogP contribution in [0.5, 0.6) is 0 Å². The molecule has 1 heteroatoms. The second kappa shape index (κ2) is 5.31. The number of aryl methyl sites for hydroxylation is 1. The minimum absolute atomic E-state index is 1.06. The van der Waals surface area contributed by atoms with Crippen molar-refractivity contribution in [3.63, 3.8) is 0 Å². The Bertz CT molecular complexity index is 600. The van der Waals surface area contributed by atoms with Gasteiger partial charge < -0.3 is 4.90 Å². The molecule has 1 heterocycles. The minimum atomic E-state index is 1.06. The first-order chi connectivity index (χ1) is 9.04. The lowest BCUT2D eigenvalue weighted by Crippen LogP contribution is -2.17. The third kappa shape index (κ3) is 2.55. The molecule has 1 aromatic carbocycles. The average molecular weight is 251 g/mol. The molecular weight excluding hydrogens is 230 g/mol. The Morgan fingerprint density at radius 2 is 1.95 bits per heavy atom. The van der Waals surface area contributed by atoms with Gasteiger partial charge in [0.25, 0.3) is 0 Å². The van der Waals surface area contributed by atoms with E-state index in [1.54, 1.807) is 0 Å². The quantitative estimate of drug-likeness (QED) is 0.737. The van der Waals surface area contributed by atoms with E-state index in [0.29, 0.717) is 0 Å². The molecule has 1 aliphatic heterocycles. The second-order valence-corrected chi connectivity index (χ2v) is 5.01. The smallest absolute Gasteiger partial charge is 0.0366 e. The van der Waals surface area contributed by atoms with Crippen LogP contribution in [0.3, 0.4) is 0 Å². The first-order valence-electron chi connectivity index (χ1n) is 6.59. The van der Waals surface area contributed by atoms with Gasteiger partial charge in [-0.15, -0.1) is 0 Å². The summed E-state index contributed by atoms with van der Waals surface area (Å²) in [6, 6.07) is 8.63. The monoisotopic (exact) mass is 251 g/mol. The van der Waals surface area contributed by atoms with E-state index in [-0.39, 0.29) is 0 Å². The Hall–Kier alpha value is -2.02. The molecular formula is C18H21N. The van der Waals surface area contributed by atoms with E-state index in [2.05, 4.69) is 74.9 Å². The highest BCUT2D eigenvalue weighted by molar-refractivity contribution is 5.85. The molecule has 1 aromatic rings. The second-order valence-electron chi connectivity index (χ2n) is 5.01. The lowest BCUT2D eigenvalue weighted by atomic mass is 9.90. The maximum absolute atomic E-state index is 4.14. The summed E-state index contributed by atoms with van der Waals surface area (Å²) in [5, 5.41) is 0. The summed E-state index contributed by atoms with van der Waals surface area (Å²) in [5.74, 6) is 0. The highest BCUT2D eigenvalue weighted by Gasteiger charge is 2.18. The van der Waals surface area contributed by atoms with E-state index in [0.717, 1.165) is 5.70 Å². The van der Waals surface area contributed by atoms with Crippen molar-refractivity contribution in [3.8, 4) is 0 Å². The Balaban J connectivity index is 2.59. The van der Waals surface area contributed by atoms with Crippen LogP contribution in [0.15, 0.2) is 66.0 Å². The molecule has 0 aromatic heterocycles. The number of benzene rings is 1. The Kier molecular flexibility index (Phi) is 3.75. The van der Waals surface area contributed by atoms with Crippen molar-refractivity contribution >= 4 is 5.57 Å². The van der Waals surface area contributed by atoms with Crippen LogP contribution in [-0.2, 0) is 0 Å².